The summed E-state index contributed by atoms with van der Waals surface area (Å²) in [5, 5.41) is 25.0. The Labute approximate surface area is 94.7 Å². The first-order valence-electron chi connectivity index (χ1n) is 4.66. The number of hydrogen-bond donors (Lipinski definition) is 3. The van der Waals surface area contributed by atoms with Gasteiger partial charge in [-0.2, -0.15) is 0 Å². The summed E-state index contributed by atoms with van der Waals surface area (Å²) in [5.74, 6) is -1.92. The van der Waals surface area contributed by atoms with Gasteiger partial charge in [0.15, 0.2) is 0 Å². The van der Waals surface area contributed by atoms with E-state index in [4.69, 9.17) is 15.3 Å². The minimum Gasteiger partial charge on any atom is -0.478 e. The topological polar surface area (TPSA) is 94.8 Å². The number of carboxylic acid groups (broad SMARTS) is 2. The molecule has 92 valence electrons. The van der Waals surface area contributed by atoms with Gasteiger partial charge in [0, 0.05) is 11.1 Å². The van der Waals surface area contributed by atoms with E-state index >= 15 is 0 Å². The van der Waals surface area contributed by atoms with E-state index in [2.05, 4.69) is 13.2 Å². The van der Waals surface area contributed by atoms with Gasteiger partial charge >= 0.3 is 11.9 Å². The van der Waals surface area contributed by atoms with Crippen molar-refractivity contribution < 1.29 is 24.9 Å². The summed E-state index contributed by atoms with van der Waals surface area (Å²) < 4.78 is 0. The van der Waals surface area contributed by atoms with E-state index in [0.29, 0.717) is 12.8 Å². The van der Waals surface area contributed by atoms with Crippen molar-refractivity contribution in [2.75, 3.05) is 0 Å². The van der Waals surface area contributed by atoms with Crippen LogP contribution in [0.1, 0.15) is 26.7 Å². The highest BCUT2D eigenvalue weighted by atomic mass is 16.4. The molecule has 0 amide bonds. The van der Waals surface area contributed by atoms with Crippen LogP contribution in [0.3, 0.4) is 0 Å². The molecule has 1 atom stereocenters. The van der Waals surface area contributed by atoms with E-state index in [-0.39, 0.29) is 11.1 Å². The van der Waals surface area contributed by atoms with Crippen molar-refractivity contribution in [2.24, 2.45) is 0 Å². The number of hydrogen-bond acceptors (Lipinski definition) is 3. The van der Waals surface area contributed by atoms with Crippen LogP contribution in [-0.2, 0) is 9.59 Å². The lowest BCUT2D eigenvalue weighted by Gasteiger charge is -2.01. The van der Waals surface area contributed by atoms with Crippen LogP contribution in [0.25, 0.3) is 0 Å². The van der Waals surface area contributed by atoms with Crippen LogP contribution in [0.2, 0.25) is 0 Å². The predicted octanol–water partition coefficient (Wildman–Crippen LogP) is 1.44. The zero-order valence-corrected chi connectivity index (χ0v) is 9.56. The molecule has 0 saturated carbocycles. The molecule has 3 N–H and O–H groups in total. The van der Waals surface area contributed by atoms with Crippen molar-refractivity contribution in [3.63, 3.8) is 0 Å². The second-order valence-corrected chi connectivity index (χ2v) is 3.38. The van der Waals surface area contributed by atoms with Crippen LogP contribution >= 0.6 is 0 Å². The molecular formula is C11H18O5. The van der Waals surface area contributed by atoms with Crippen LogP contribution < -0.4 is 0 Å². The summed E-state index contributed by atoms with van der Waals surface area (Å²) >= 11 is 0. The predicted molar refractivity (Wildman–Crippen MR) is 60.1 cm³/mol. The van der Waals surface area contributed by atoms with E-state index in [9.17, 15) is 9.59 Å². The lowest BCUT2D eigenvalue weighted by molar-refractivity contribution is -0.133. The molecule has 0 rings (SSSR count). The molecule has 0 spiro atoms. The number of carboxylic acids is 2. The van der Waals surface area contributed by atoms with Gasteiger partial charge < -0.3 is 15.3 Å². The average Bonchev–Trinajstić information content (AvgIpc) is 2.14. The molecule has 0 saturated heterocycles. The molecule has 0 radical (unpaired) electrons. The Morgan fingerprint density at radius 1 is 1.19 bits per heavy atom. The minimum atomic E-state index is -0.986. The molecule has 0 bridgehead atoms. The Balaban J connectivity index is 0. The maximum absolute atomic E-state index is 10.1. The highest BCUT2D eigenvalue weighted by Crippen LogP contribution is 2.04. The molecule has 5 nitrogen and oxygen atoms in total. The number of aliphatic carboxylic acids is 2. The van der Waals surface area contributed by atoms with Gasteiger partial charge in [0.1, 0.15) is 0 Å². The summed E-state index contributed by atoms with van der Waals surface area (Å²) in [5.41, 5.74) is 0.330. The maximum Gasteiger partial charge on any atom is 0.330 e. The third kappa shape index (κ3) is 12.4. The van der Waals surface area contributed by atoms with E-state index in [1.54, 1.807) is 6.92 Å². The molecule has 0 aliphatic carbocycles. The van der Waals surface area contributed by atoms with Gasteiger partial charge in [-0.05, 0) is 26.7 Å². The quantitative estimate of drug-likeness (QED) is 0.621. The first-order valence-corrected chi connectivity index (χ1v) is 4.66. The molecular weight excluding hydrogens is 212 g/mol. The summed E-state index contributed by atoms with van der Waals surface area (Å²) in [6, 6.07) is 0. The van der Waals surface area contributed by atoms with Crippen molar-refractivity contribution in [1.29, 1.82) is 0 Å². The largest absolute Gasteiger partial charge is 0.478 e. The molecule has 0 aromatic rings. The van der Waals surface area contributed by atoms with Crippen molar-refractivity contribution in [2.45, 2.75) is 32.8 Å². The van der Waals surface area contributed by atoms with Gasteiger partial charge in [0.2, 0.25) is 0 Å². The molecule has 16 heavy (non-hydrogen) atoms. The molecule has 0 aromatic heterocycles. The van der Waals surface area contributed by atoms with E-state index in [1.807, 2.05) is 0 Å². The summed E-state index contributed by atoms with van der Waals surface area (Å²) in [7, 11) is 0. The Hall–Kier alpha value is -1.62. The van der Waals surface area contributed by atoms with E-state index in [0.717, 1.165) is 0 Å². The normalized spacial score (nSPS) is 10.7. The second kappa shape index (κ2) is 8.67. The van der Waals surface area contributed by atoms with Crippen molar-refractivity contribution in [1.82, 2.24) is 0 Å². The van der Waals surface area contributed by atoms with E-state index < -0.39 is 18.0 Å². The van der Waals surface area contributed by atoms with Crippen LogP contribution in [0.5, 0.6) is 0 Å². The molecule has 1 unspecified atom stereocenters. The van der Waals surface area contributed by atoms with Gasteiger partial charge in [0.25, 0.3) is 0 Å². The minimum absolute atomic E-state index is 0.154. The first kappa shape index (κ1) is 16.8. The third-order valence-corrected chi connectivity index (χ3v) is 1.53. The van der Waals surface area contributed by atoms with Crippen LogP contribution in [0.15, 0.2) is 24.3 Å². The summed E-state index contributed by atoms with van der Waals surface area (Å²) in [6.45, 7) is 9.54. The van der Waals surface area contributed by atoms with Gasteiger partial charge in [0.05, 0.1) is 6.10 Å². The highest BCUT2D eigenvalue weighted by Gasteiger charge is 2.04. The summed E-state index contributed by atoms with van der Waals surface area (Å²) in [4.78, 5) is 19.7. The fourth-order valence-corrected chi connectivity index (χ4v) is 0.490. The molecule has 0 aliphatic heterocycles. The fraction of sp³-hybridized carbons (Fsp3) is 0.455. The SMILES string of the molecule is C=C(C)C(=O)O.C=C(CCC(C)O)C(=O)O. The third-order valence-electron chi connectivity index (χ3n) is 1.53. The standard InChI is InChI=1S/C7H12O3.C4H6O2/c1-5(7(9)10)3-4-6(2)8;1-3(2)4(5)6/h6,8H,1,3-4H2,2H3,(H,9,10);1H2,2H3,(H,5,6). The zero-order valence-electron chi connectivity index (χ0n) is 9.56. The smallest absolute Gasteiger partial charge is 0.330 e. The van der Waals surface area contributed by atoms with Gasteiger partial charge in [-0.25, -0.2) is 9.59 Å². The van der Waals surface area contributed by atoms with Crippen LogP contribution in [0, 0.1) is 0 Å². The first-order chi connectivity index (χ1) is 7.18. The second-order valence-electron chi connectivity index (χ2n) is 3.38. The number of aliphatic hydroxyl groups excluding tert-OH is 1. The molecule has 0 aliphatic rings. The van der Waals surface area contributed by atoms with Crippen molar-refractivity contribution in [3.8, 4) is 0 Å². The van der Waals surface area contributed by atoms with Crippen LogP contribution in [0.4, 0.5) is 0 Å². The molecule has 0 heterocycles. The summed E-state index contributed by atoms with van der Waals surface area (Å²) in [6.07, 6.45) is 0.370. The van der Waals surface area contributed by atoms with Gasteiger partial charge in [-0.3, -0.25) is 0 Å². The Bertz CT molecular complexity index is 266. The van der Waals surface area contributed by atoms with E-state index in [1.165, 1.54) is 6.92 Å². The Morgan fingerprint density at radius 3 is 1.75 bits per heavy atom. The monoisotopic (exact) mass is 230 g/mol. The van der Waals surface area contributed by atoms with Crippen LogP contribution in [-0.4, -0.2) is 33.4 Å². The molecule has 0 aromatic carbocycles. The maximum atomic E-state index is 10.1. The lowest BCUT2D eigenvalue weighted by Crippen LogP contribution is -2.04. The van der Waals surface area contributed by atoms with Gasteiger partial charge in [-0.15, -0.1) is 0 Å². The highest BCUT2D eigenvalue weighted by molar-refractivity contribution is 5.85. The fourth-order valence-electron chi connectivity index (χ4n) is 0.490. The van der Waals surface area contributed by atoms with Crippen molar-refractivity contribution >= 4 is 11.9 Å². The van der Waals surface area contributed by atoms with Gasteiger partial charge in [-0.1, -0.05) is 13.2 Å². The molecule has 5 heteroatoms. The number of carbonyl (C=O) groups is 2. The van der Waals surface area contributed by atoms with Crippen molar-refractivity contribution in [3.05, 3.63) is 24.3 Å². The average molecular weight is 230 g/mol. The Morgan fingerprint density at radius 2 is 1.56 bits per heavy atom. The number of rotatable bonds is 5. The zero-order chi connectivity index (χ0) is 13.3. The lowest BCUT2D eigenvalue weighted by atomic mass is 10.1. The molecule has 0 fully saturated rings. The number of aliphatic hydroxyl groups is 1. The Kier molecular flexibility index (Phi) is 9.10.